The van der Waals surface area contributed by atoms with Gasteiger partial charge >= 0.3 is 6.03 Å². The summed E-state index contributed by atoms with van der Waals surface area (Å²) in [7, 11) is 3.16. The highest BCUT2D eigenvalue weighted by molar-refractivity contribution is 6.31. The fourth-order valence-electron chi connectivity index (χ4n) is 2.96. The van der Waals surface area contributed by atoms with Crippen LogP contribution in [-0.2, 0) is 4.79 Å². The van der Waals surface area contributed by atoms with Gasteiger partial charge in [-0.2, -0.15) is 5.26 Å². The second kappa shape index (κ2) is 11.6. The Labute approximate surface area is 182 Å². The molecule has 0 radical (unpaired) electrons. The summed E-state index contributed by atoms with van der Waals surface area (Å²) in [5, 5.41) is 9.40. The molecule has 2 atom stereocenters. The number of hydrogen-bond donors (Lipinski definition) is 1. The molecule has 0 unspecified atom stereocenters. The molecule has 0 saturated carbocycles. The monoisotopic (exact) mass is 424 g/mol. The number of rotatable bonds is 5. The number of benzene rings is 2. The maximum absolute atomic E-state index is 13.3. The van der Waals surface area contributed by atoms with Gasteiger partial charge < -0.3 is 10.6 Å². The van der Waals surface area contributed by atoms with Crippen LogP contribution in [0, 0.1) is 30.1 Å². The number of nitrogens with zero attached hydrogens (tertiary/aromatic N) is 3. The summed E-state index contributed by atoms with van der Waals surface area (Å²) >= 11 is 6.06. The van der Waals surface area contributed by atoms with E-state index in [1.807, 2.05) is 0 Å². The summed E-state index contributed by atoms with van der Waals surface area (Å²) in [5.41, 5.74) is 7.73. The van der Waals surface area contributed by atoms with E-state index in [4.69, 9.17) is 22.6 Å². The van der Waals surface area contributed by atoms with Crippen molar-refractivity contribution in [3.63, 3.8) is 0 Å². The SMILES string of the molecule is C#C.C[C@H](C(=O)N(C(=O)N(C)C)c1cccc(Cl)c1)[C@@H](CN)c1ccc(C#N)cc1. The molecule has 6 nitrogen and oxygen atoms in total. The van der Waals surface area contributed by atoms with Crippen LogP contribution in [0.3, 0.4) is 0 Å². The number of anilines is 1. The van der Waals surface area contributed by atoms with Gasteiger partial charge in [0.2, 0.25) is 5.91 Å². The van der Waals surface area contributed by atoms with E-state index in [-0.39, 0.29) is 18.4 Å². The van der Waals surface area contributed by atoms with Gasteiger partial charge in [-0.25, -0.2) is 9.69 Å². The molecule has 3 amide bonds. The average Bonchev–Trinajstić information content (AvgIpc) is 2.76. The van der Waals surface area contributed by atoms with Crippen molar-refractivity contribution in [3.05, 3.63) is 64.7 Å². The summed E-state index contributed by atoms with van der Waals surface area (Å²) in [6, 6.07) is 15.2. The lowest BCUT2D eigenvalue weighted by atomic mass is 9.86. The van der Waals surface area contributed by atoms with Crippen molar-refractivity contribution in [2.45, 2.75) is 12.8 Å². The molecule has 0 aliphatic carbocycles. The maximum atomic E-state index is 13.3. The molecule has 0 saturated heterocycles. The Morgan fingerprint density at radius 3 is 2.23 bits per heavy atom. The number of imide groups is 1. The van der Waals surface area contributed by atoms with Crippen LogP contribution in [-0.4, -0.2) is 37.5 Å². The molecule has 0 aliphatic rings. The Hall–Kier alpha value is -3.32. The van der Waals surface area contributed by atoms with E-state index >= 15 is 0 Å². The summed E-state index contributed by atoms with van der Waals surface area (Å²) < 4.78 is 0. The van der Waals surface area contributed by atoms with Crippen LogP contribution in [0.15, 0.2) is 48.5 Å². The number of carbonyl (C=O) groups is 2. The Morgan fingerprint density at radius 1 is 1.17 bits per heavy atom. The molecule has 0 bridgehead atoms. The molecule has 0 aliphatic heterocycles. The number of urea groups is 1. The molecular weight excluding hydrogens is 400 g/mol. The topological polar surface area (TPSA) is 90.4 Å². The van der Waals surface area contributed by atoms with Crippen molar-refractivity contribution in [3.8, 4) is 18.9 Å². The fraction of sp³-hybridized carbons (Fsp3) is 0.261. The number of nitriles is 1. The van der Waals surface area contributed by atoms with Crippen molar-refractivity contribution in [1.29, 1.82) is 5.26 Å². The van der Waals surface area contributed by atoms with Crippen LogP contribution >= 0.6 is 11.6 Å². The van der Waals surface area contributed by atoms with Gasteiger partial charge in [-0.1, -0.05) is 36.7 Å². The second-order valence-electron chi connectivity index (χ2n) is 6.70. The van der Waals surface area contributed by atoms with Crippen LogP contribution in [0.1, 0.15) is 24.0 Å². The molecule has 0 aromatic heterocycles. The zero-order valence-corrected chi connectivity index (χ0v) is 18.0. The average molecular weight is 425 g/mol. The van der Waals surface area contributed by atoms with Crippen molar-refractivity contribution in [2.75, 3.05) is 25.5 Å². The Bertz CT molecular complexity index is 932. The third-order valence-electron chi connectivity index (χ3n) is 4.58. The number of hydrogen-bond acceptors (Lipinski definition) is 4. The molecule has 0 spiro atoms. The van der Waals surface area contributed by atoms with Crippen molar-refractivity contribution in [1.82, 2.24) is 4.90 Å². The van der Waals surface area contributed by atoms with Crippen molar-refractivity contribution in [2.24, 2.45) is 11.7 Å². The number of halogens is 1. The molecule has 2 aromatic rings. The van der Waals surface area contributed by atoms with Crippen LogP contribution in [0.5, 0.6) is 0 Å². The molecule has 156 valence electrons. The Balaban J connectivity index is 0.00000218. The number of nitrogens with two attached hydrogens (primary N) is 1. The number of carbonyl (C=O) groups excluding carboxylic acids is 2. The van der Waals surface area contributed by atoms with E-state index in [0.717, 1.165) is 10.5 Å². The van der Waals surface area contributed by atoms with Gasteiger partial charge in [-0.3, -0.25) is 4.79 Å². The van der Waals surface area contributed by atoms with Gasteiger partial charge in [0.25, 0.3) is 0 Å². The molecule has 7 heteroatoms. The van der Waals surface area contributed by atoms with Gasteiger partial charge in [0, 0.05) is 31.0 Å². The van der Waals surface area contributed by atoms with E-state index in [2.05, 4.69) is 18.9 Å². The normalized spacial score (nSPS) is 11.8. The Morgan fingerprint density at radius 2 is 1.77 bits per heavy atom. The van der Waals surface area contributed by atoms with Crippen molar-refractivity contribution >= 4 is 29.2 Å². The first kappa shape index (κ1) is 24.7. The summed E-state index contributed by atoms with van der Waals surface area (Å²) in [4.78, 5) is 28.5. The van der Waals surface area contributed by atoms with Gasteiger partial charge in [-0.15, -0.1) is 12.8 Å². The minimum absolute atomic E-state index is 0.221. The van der Waals surface area contributed by atoms with E-state index in [9.17, 15) is 9.59 Å². The van der Waals surface area contributed by atoms with Crippen LogP contribution in [0.4, 0.5) is 10.5 Å². The molecule has 0 heterocycles. The molecule has 2 rings (SSSR count). The largest absolute Gasteiger partial charge is 0.330 e. The standard InChI is InChI=1S/C21H23ClN4O2.C2H2/c1-14(19(13-24)16-9-7-15(12-23)8-10-16)20(27)26(21(28)25(2)3)18-6-4-5-17(22)11-18;1-2/h4-11,14,19H,13,24H2,1-3H3;1-2H/t14-,19+;/m0./s1. The van der Waals surface area contributed by atoms with Crippen LogP contribution < -0.4 is 10.6 Å². The van der Waals surface area contributed by atoms with Gasteiger partial charge in [0.15, 0.2) is 0 Å². The summed E-state index contributed by atoms with van der Waals surface area (Å²) in [6.45, 7) is 1.97. The third kappa shape index (κ3) is 5.84. The van der Waals surface area contributed by atoms with Gasteiger partial charge in [0.05, 0.1) is 17.3 Å². The predicted octanol–water partition coefficient (Wildman–Crippen LogP) is 3.85. The lowest BCUT2D eigenvalue weighted by Crippen LogP contribution is -2.47. The minimum Gasteiger partial charge on any atom is -0.330 e. The highest BCUT2D eigenvalue weighted by Crippen LogP contribution is 2.29. The van der Waals surface area contributed by atoms with Crippen LogP contribution in [0.25, 0.3) is 0 Å². The molecular formula is C23H25ClN4O2. The number of terminal acetylenes is 1. The third-order valence-corrected chi connectivity index (χ3v) is 4.81. The zero-order chi connectivity index (χ0) is 22.8. The van der Waals surface area contributed by atoms with Crippen molar-refractivity contribution < 1.29 is 9.59 Å². The minimum atomic E-state index is -0.569. The van der Waals surface area contributed by atoms with E-state index in [1.165, 1.54) is 4.90 Å². The van der Waals surface area contributed by atoms with E-state index in [1.54, 1.807) is 69.6 Å². The first-order chi connectivity index (χ1) is 14.3. The first-order valence-corrected chi connectivity index (χ1v) is 9.52. The second-order valence-corrected chi connectivity index (χ2v) is 7.13. The Kier molecular flexibility index (Phi) is 9.58. The quantitative estimate of drug-likeness (QED) is 0.738. The molecule has 0 fully saturated rings. The fourth-order valence-corrected chi connectivity index (χ4v) is 3.14. The molecule has 30 heavy (non-hydrogen) atoms. The van der Waals surface area contributed by atoms with Crippen LogP contribution in [0.2, 0.25) is 5.02 Å². The molecule has 2 N–H and O–H groups in total. The smallest absolute Gasteiger partial charge is 0.330 e. The number of amides is 3. The van der Waals surface area contributed by atoms with Gasteiger partial charge in [0.1, 0.15) is 0 Å². The van der Waals surface area contributed by atoms with E-state index in [0.29, 0.717) is 16.3 Å². The molecule has 2 aromatic carbocycles. The van der Waals surface area contributed by atoms with E-state index < -0.39 is 11.9 Å². The summed E-state index contributed by atoms with van der Waals surface area (Å²) in [5.74, 6) is -1.25. The first-order valence-electron chi connectivity index (χ1n) is 9.14. The summed E-state index contributed by atoms with van der Waals surface area (Å²) in [6.07, 6.45) is 8.00. The highest BCUT2D eigenvalue weighted by atomic mass is 35.5. The lowest BCUT2D eigenvalue weighted by molar-refractivity contribution is -0.121. The lowest BCUT2D eigenvalue weighted by Gasteiger charge is -2.30. The predicted molar refractivity (Wildman–Crippen MR) is 120 cm³/mol. The highest BCUT2D eigenvalue weighted by Gasteiger charge is 2.33. The zero-order valence-electron chi connectivity index (χ0n) is 17.2. The van der Waals surface area contributed by atoms with Gasteiger partial charge in [-0.05, 0) is 42.4 Å². The maximum Gasteiger partial charge on any atom is 0.330 e.